The van der Waals surface area contributed by atoms with Crippen LogP contribution in [0.25, 0.3) is 11.0 Å². The minimum atomic E-state index is -3.57. The molecule has 2 aromatic carbocycles. The van der Waals surface area contributed by atoms with E-state index in [4.69, 9.17) is 4.74 Å². The molecule has 0 unspecified atom stereocenters. The standard InChI is InChI=1S/C25H30N4O5S/c1-28(2)35(32,33)19-9-10-21-20(15-19)27-22(29(21)3)11-12-24(31)34-16-23(30)26-17-25(13-14-25)18-7-5-4-6-8-18/h4-10,15H,11-14,16-17H2,1-3H3,(H,26,30). The van der Waals surface area contributed by atoms with E-state index >= 15 is 0 Å². The number of nitrogens with one attached hydrogen (secondary N) is 1. The summed E-state index contributed by atoms with van der Waals surface area (Å²) in [5, 5.41) is 2.88. The molecule has 1 saturated carbocycles. The zero-order valence-corrected chi connectivity index (χ0v) is 21.0. The summed E-state index contributed by atoms with van der Waals surface area (Å²) in [5.41, 5.74) is 2.50. The van der Waals surface area contributed by atoms with Gasteiger partial charge >= 0.3 is 5.97 Å². The average molecular weight is 499 g/mol. The summed E-state index contributed by atoms with van der Waals surface area (Å²) in [5.74, 6) is -0.190. The van der Waals surface area contributed by atoms with Crippen molar-refractivity contribution in [1.29, 1.82) is 0 Å². The Labute approximate surface area is 205 Å². The Morgan fingerprint density at radius 3 is 2.51 bits per heavy atom. The number of fused-ring (bicyclic) bond motifs is 1. The van der Waals surface area contributed by atoms with Crippen LogP contribution >= 0.6 is 0 Å². The maximum Gasteiger partial charge on any atom is 0.306 e. The van der Waals surface area contributed by atoms with Gasteiger partial charge in [-0.05, 0) is 36.6 Å². The van der Waals surface area contributed by atoms with Gasteiger partial charge in [0.25, 0.3) is 5.91 Å². The first-order valence-electron chi connectivity index (χ1n) is 11.5. The number of ether oxygens (including phenoxy) is 1. The van der Waals surface area contributed by atoms with Crippen molar-refractivity contribution < 1.29 is 22.7 Å². The smallest absolute Gasteiger partial charge is 0.306 e. The number of sulfonamides is 1. The number of aryl methyl sites for hydroxylation is 2. The highest BCUT2D eigenvalue weighted by Crippen LogP contribution is 2.47. The number of carbonyl (C=O) groups excluding carboxylic acids is 2. The number of esters is 1. The highest BCUT2D eigenvalue weighted by Gasteiger charge is 2.44. The number of nitrogens with zero attached hydrogens (tertiary/aromatic N) is 3. The van der Waals surface area contributed by atoms with Gasteiger partial charge in [-0.25, -0.2) is 17.7 Å². The molecule has 1 aliphatic carbocycles. The topological polar surface area (TPSA) is 111 Å². The molecule has 10 heteroatoms. The molecule has 0 atom stereocenters. The zero-order valence-electron chi connectivity index (χ0n) is 20.2. The van der Waals surface area contributed by atoms with E-state index in [1.165, 1.54) is 25.7 Å². The van der Waals surface area contributed by atoms with Crippen molar-refractivity contribution in [3.05, 3.63) is 59.9 Å². The Morgan fingerprint density at radius 2 is 1.86 bits per heavy atom. The van der Waals surface area contributed by atoms with Crippen LogP contribution in [0.1, 0.15) is 30.7 Å². The minimum Gasteiger partial charge on any atom is -0.456 e. The first-order valence-corrected chi connectivity index (χ1v) is 12.9. The number of hydrogen-bond acceptors (Lipinski definition) is 6. The van der Waals surface area contributed by atoms with Crippen LogP contribution in [0.3, 0.4) is 0 Å². The number of amides is 1. The molecule has 0 saturated heterocycles. The lowest BCUT2D eigenvalue weighted by Gasteiger charge is -2.16. The van der Waals surface area contributed by atoms with Gasteiger partial charge in [0.1, 0.15) is 5.82 Å². The fraction of sp³-hybridized carbons (Fsp3) is 0.400. The molecule has 1 fully saturated rings. The van der Waals surface area contributed by atoms with E-state index in [1.54, 1.807) is 12.1 Å². The third-order valence-corrected chi connectivity index (χ3v) is 8.32. The quantitative estimate of drug-likeness (QED) is 0.429. The summed E-state index contributed by atoms with van der Waals surface area (Å²) >= 11 is 0. The molecule has 1 N–H and O–H groups in total. The van der Waals surface area contributed by atoms with E-state index in [-0.39, 0.29) is 29.2 Å². The van der Waals surface area contributed by atoms with Crippen molar-refractivity contribution in [2.24, 2.45) is 7.05 Å². The van der Waals surface area contributed by atoms with E-state index in [2.05, 4.69) is 22.4 Å². The van der Waals surface area contributed by atoms with Crippen molar-refractivity contribution in [1.82, 2.24) is 19.2 Å². The van der Waals surface area contributed by atoms with Crippen LogP contribution in [0.15, 0.2) is 53.4 Å². The summed E-state index contributed by atoms with van der Waals surface area (Å²) in [4.78, 5) is 29.1. The van der Waals surface area contributed by atoms with Gasteiger partial charge in [0.05, 0.1) is 22.3 Å². The first kappa shape index (κ1) is 24.9. The molecular formula is C25H30N4O5S. The Morgan fingerprint density at radius 1 is 1.14 bits per heavy atom. The molecule has 1 aromatic heterocycles. The molecule has 1 aliphatic rings. The normalized spacial score (nSPS) is 14.7. The maximum absolute atomic E-state index is 12.4. The van der Waals surface area contributed by atoms with Crippen LogP contribution in [-0.2, 0) is 43.2 Å². The molecule has 1 heterocycles. The molecule has 35 heavy (non-hydrogen) atoms. The third-order valence-electron chi connectivity index (χ3n) is 6.50. The number of imidazole rings is 1. The lowest BCUT2D eigenvalue weighted by Crippen LogP contribution is -2.35. The van der Waals surface area contributed by atoms with Crippen molar-refractivity contribution in [3.8, 4) is 0 Å². The van der Waals surface area contributed by atoms with Crippen LogP contribution in [-0.4, -0.2) is 61.4 Å². The van der Waals surface area contributed by atoms with Crippen molar-refractivity contribution in [2.45, 2.75) is 36.0 Å². The lowest BCUT2D eigenvalue weighted by molar-refractivity contribution is -0.148. The Bertz CT molecular complexity index is 1340. The van der Waals surface area contributed by atoms with Crippen LogP contribution < -0.4 is 5.32 Å². The maximum atomic E-state index is 12.4. The zero-order chi connectivity index (χ0) is 25.2. The van der Waals surface area contributed by atoms with Crippen molar-refractivity contribution >= 4 is 32.9 Å². The third kappa shape index (κ3) is 5.38. The van der Waals surface area contributed by atoms with Crippen molar-refractivity contribution in [3.63, 3.8) is 0 Å². The van der Waals surface area contributed by atoms with Gasteiger partial charge in [-0.15, -0.1) is 0 Å². The van der Waals surface area contributed by atoms with Gasteiger partial charge in [-0.1, -0.05) is 30.3 Å². The van der Waals surface area contributed by atoms with Gasteiger partial charge in [0.15, 0.2) is 6.61 Å². The molecule has 0 radical (unpaired) electrons. The molecule has 0 aliphatic heterocycles. The molecule has 9 nitrogen and oxygen atoms in total. The SMILES string of the molecule is CN(C)S(=O)(=O)c1ccc2c(c1)nc(CCC(=O)OCC(=O)NCC1(c3ccccc3)CC1)n2C. The molecule has 1 amide bonds. The second kappa shape index (κ2) is 9.79. The molecular weight excluding hydrogens is 468 g/mol. The van der Waals surface area contributed by atoms with Gasteiger partial charge in [0, 0.05) is 39.5 Å². The van der Waals surface area contributed by atoms with E-state index in [0.717, 1.165) is 22.7 Å². The number of rotatable bonds is 10. The summed E-state index contributed by atoms with van der Waals surface area (Å²) in [7, 11) is 1.19. The Hall–Kier alpha value is -3.24. The van der Waals surface area contributed by atoms with Crippen LogP contribution in [0, 0.1) is 0 Å². The average Bonchev–Trinajstić information content (AvgIpc) is 3.58. The highest BCUT2D eigenvalue weighted by molar-refractivity contribution is 7.89. The summed E-state index contributed by atoms with van der Waals surface area (Å²) in [6.07, 6.45) is 2.41. The second-order valence-electron chi connectivity index (χ2n) is 9.11. The van der Waals surface area contributed by atoms with Crippen LogP contribution in [0.4, 0.5) is 0 Å². The fourth-order valence-electron chi connectivity index (χ4n) is 4.09. The molecule has 186 valence electrons. The Kier molecular flexibility index (Phi) is 6.95. The van der Waals surface area contributed by atoms with Crippen LogP contribution in [0.2, 0.25) is 0 Å². The predicted octanol–water partition coefficient (Wildman–Crippen LogP) is 2.15. The largest absolute Gasteiger partial charge is 0.456 e. The van der Waals surface area contributed by atoms with E-state index in [9.17, 15) is 18.0 Å². The number of benzene rings is 2. The van der Waals surface area contributed by atoms with E-state index in [1.807, 2.05) is 29.8 Å². The van der Waals surface area contributed by atoms with E-state index < -0.39 is 16.0 Å². The van der Waals surface area contributed by atoms with Crippen LogP contribution in [0.5, 0.6) is 0 Å². The molecule has 3 aromatic rings. The van der Waals surface area contributed by atoms with Crippen molar-refractivity contribution in [2.75, 3.05) is 27.2 Å². The van der Waals surface area contributed by atoms with E-state index in [0.29, 0.717) is 24.3 Å². The number of aromatic nitrogens is 2. The predicted molar refractivity (Wildman–Crippen MR) is 131 cm³/mol. The van der Waals surface area contributed by atoms with Gasteiger partial charge in [-0.3, -0.25) is 9.59 Å². The summed E-state index contributed by atoms with van der Waals surface area (Å²) in [6, 6.07) is 14.9. The highest BCUT2D eigenvalue weighted by atomic mass is 32.2. The van der Waals surface area contributed by atoms with Gasteiger partial charge < -0.3 is 14.6 Å². The number of hydrogen-bond donors (Lipinski definition) is 1. The lowest BCUT2D eigenvalue weighted by atomic mass is 9.96. The summed E-state index contributed by atoms with van der Waals surface area (Å²) < 4.78 is 32.9. The second-order valence-corrected chi connectivity index (χ2v) is 11.3. The molecule has 0 spiro atoms. The van der Waals surface area contributed by atoms with Gasteiger partial charge in [-0.2, -0.15) is 0 Å². The number of carbonyl (C=O) groups is 2. The molecule has 4 rings (SSSR count). The first-order chi connectivity index (χ1) is 16.6. The Balaban J connectivity index is 1.28. The molecule has 0 bridgehead atoms. The van der Waals surface area contributed by atoms with Gasteiger partial charge in [0.2, 0.25) is 10.0 Å². The summed E-state index contributed by atoms with van der Waals surface area (Å²) in [6.45, 7) is 0.205. The minimum absolute atomic E-state index is 0.00707. The monoisotopic (exact) mass is 498 g/mol. The fourth-order valence-corrected chi connectivity index (χ4v) is 5.01.